The van der Waals surface area contributed by atoms with Crippen LogP contribution in [0.3, 0.4) is 0 Å². The summed E-state index contributed by atoms with van der Waals surface area (Å²) in [7, 11) is 0. The summed E-state index contributed by atoms with van der Waals surface area (Å²) in [5.41, 5.74) is 3.04. The molecule has 35 heavy (non-hydrogen) atoms. The first-order valence-corrected chi connectivity index (χ1v) is 11.9. The van der Waals surface area contributed by atoms with Crippen molar-refractivity contribution in [2.75, 3.05) is 18.4 Å². The number of imidazole rings is 1. The average molecular weight is 473 g/mol. The van der Waals surface area contributed by atoms with E-state index in [4.69, 9.17) is 0 Å². The number of nitrogens with one attached hydrogen (secondary N) is 2. The zero-order valence-corrected chi connectivity index (χ0v) is 19.6. The molecule has 3 aromatic heterocycles. The largest absolute Gasteiger partial charge is 0.327 e. The lowest BCUT2D eigenvalue weighted by Gasteiger charge is -2.32. The van der Waals surface area contributed by atoms with E-state index in [0.29, 0.717) is 38.1 Å². The van der Waals surface area contributed by atoms with Crippen LogP contribution in [0.5, 0.6) is 0 Å². The van der Waals surface area contributed by atoms with Gasteiger partial charge in [0.2, 0.25) is 0 Å². The van der Waals surface area contributed by atoms with Crippen LogP contribution in [-0.2, 0) is 6.54 Å². The molecule has 0 aromatic carbocycles. The predicted molar refractivity (Wildman–Crippen MR) is 136 cm³/mol. The third kappa shape index (κ3) is 4.49. The fourth-order valence-electron chi connectivity index (χ4n) is 4.73. The summed E-state index contributed by atoms with van der Waals surface area (Å²) in [6, 6.07) is 5.10. The third-order valence-electron chi connectivity index (χ3n) is 6.59. The summed E-state index contributed by atoms with van der Waals surface area (Å²) in [6.07, 6.45) is 15.8. The lowest BCUT2D eigenvalue weighted by molar-refractivity contribution is 0.184. The number of piperidine rings is 1. The van der Waals surface area contributed by atoms with Crippen LogP contribution in [0.2, 0.25) is 0 Å². The number of nitrogens with zero attached hydrogens (tertiary/aromatic N) is 4. The Morgan fingerprint density at radius 3 is 2.86 bits per heavy atom. The number of hydrogen-bond donors (Lipinski definition) is 2. The van der Waals surface area contributed by atoms with Crippen LogP contribution in [-0.4, -0.2) is 43.1 Å². The molecule has 2 N–H and O–H groups in total. The Morgan fingerprint density at radius 1 is 1.23 bits per heavy atom. The molecule has 2 aliphatic rings. The van der Waals surface area contributed by atoms with Crippen LogP contribution in [0, 0.1) is 0 Å². The minimum Gasteiger partial charge on any atom is -0.324 e. The van der Waals surface area contributed by atoms with Gasteiger partial charge in [-0.3, -0.25) is 14.3 Å². The van der Waals surface area contributed by atoms with Gasteiger partial charge in [-0.1, -0.05) is 30.4 Å². The van der Waals surface area contributed by atoms with E-state index in [0.717, 1.165) is 23.1 Å². The number of aromatic amines is 1. The maximum absolute atomic E-state index is 13.1. The number of rotatable bonds is 4. The summed E-state index contributed by atoms with van der Waals surface area (Å²) in [5, 5.41) is 2.84. The van der Waals surface area contributed by atoms with E-state index < -0.39 is 0 Å². The van der Waals surface area contributed by atoms with Crippen molar-refractivity contribution in [3.63, 3.8) is 0 Å². The molecule has 1 aliphatic carbocycles. The fraction of sp³-hybridized carbons (Fsp3) is 0.308. The Morgan fingerprint density at radius 2 is 2.06 bits per heavy atom. The molecule has 4 heterocycles. The van der Waals surface area contributed by atoms with E-state index in [2.05, 4.69) is 27.4 Å². The predicted octanol–water partition coefficient (Wildman–Crippen LogP) is 3.67. The highest BCUT2D eigenvalue weighted by atomic mass is 16.2. The minimum absolute atomic E-state index is 0.0211. The first-order chi connectivity index (χ1) is 17.0. The van der Waals surface area contributed by atoms with E-state index in [9.17, 15) is 14.4 Å². The second-order valence-corrected chi connectivity index (χ2v) is 8.74. The van der Waals surface area contributed by atoms with Crippen molar-refractivity contribution in [3.05, 3.63) is 87.4 Å². The quantitative estimate of drug-likeness (QED) is 0.604. The van der Waals surface area contributed by atoms with Crippen LogP contribution in [0.15, 0.2) is 70.6 Å². The average Bonchev–Trinajstić information content (AvgIpc) is 3.02. The van der Waals surface area contributed by atoms with E-state index in [1.807, 2.05) is 43.5 Å². The van der Waals surface area contributed by atoms with Crippen molar-refractivity contribution < 1.29 is 4.79 Å². The molecule has 1 aliphatic heterocycles. The maximum Gasteiger partial charge on any atom is 0.327 e. The number of aryl methyl sites for hydroxylation is 1. The van der Waals surface area contributed by atoms with Crippen LogP contribution in [0.25, 0.3) is 16.7 Å². The number of carbonyl (C=O) groups is 1. The summed E-state index contributed by atoms with van der Waals surface area (Å²) in [5.74, 6) is 0. The first-order valence-electron chi connectivity index (χ1n) is 11.9. The van der Waals surface area contributed by atoms with Gasteiger partial charge in [-0.15, -0.1) is 0 Å². The van der Waals surface area contributed by atoms with Gasteiger partial charge in [0.05, 0.1) is 5.52 Å². The Hall–Kier alpha value is -4.14. The topological polar surface area (TPSA) is 105 Å². The lowest BCUT2D eigenvalue weighted by atomic mass is 10.0. The van der Waals surface area contributed by atoms with Gasteiger partial charge in [0.1, 0.15) is 5.69 Å². The highest BCUT2D eigenvalue weighted by molar-refractivity contribution is 5.90. The summed E-state index contributed by atoms with van der Waals surface area (Å²) < 4.78 is 3.35. The molecule has 0 saturated carbocycles. The first kappa shape index (κ1) is 22.6. The number of allylic oxidation sites excluding steroid dienone is 6. The molecule has 0 bridgehead atoms. The number of aromatic nitrogens is 4. The number of H-pyrrole nitrogens is 1. The van der Waals surface area contributed by atoms with Crippen molar-refractivity contribution in [1.29, 1.82) is 0 Å². The van der Waals surface area contributed by atoms with E-state index in [1.165, 1.54) is 0 Å². The number of pyridine rings is 2. The Balaban J connectivity index is 1.32. The number of likely N-dealkylation sites (tertiary alicyclic amines) is 1. The second kappa shape index (κ2) is 9.61. The van der Waals surface area contributed by atoms with Gasteiger partial charge in [0.25, 0.3) is 5.56 Å². The van der Waals surface area contributed by atoms with Gasteiger partial charge in [-0.25, -0.2) is 14.6 Å². The normalized spacial score (nSPS) is 16.4. The molecular formula is C26H28N6O3. The number of anilines is 1. The van der Waals surface area contributed by atoms with E-state index in [1.54, 1.807) is 26.3 Å². The molecule has 1 saturated heterocycles. The van der Waals surface area contributed by atoms with Crippen molar-refractivity contribution in [2.24, 2.45) is 0 Å². The van der Waals surface area contributed by atoms with Crippen LogP contribution in [0.1, 0.15) is 37.8 Å². The molecule has 0 spiro atoms. The summed E-state index contributed by atoms with van der Waals surface area (Å²) in [4.78, 5) is 47.2. The minimum atomic E-state index is -0.307. The molecule has 9 heteroatoms. The van der Waals surface area contributed by atoms with Gasteiger partial charge in [-0.2, -0.15) is 0 Å². The highest BCUT2D eigenvalue weighted by Gasteiger charge is 2.27. The Bertz CT molecular complexity index is 1460. The van der Waals surface area contributed by atoms with Crippen molar-refractivity contribution in [3.8, 4) is 0 Å². The highest BCUT2D eigenvalue weighted by Crippen LogP contribution is 2.25. The molecule has 180 valence electrons. The monoisotopic (exact) mass is 472 g/mol. The Labute approximate surface area is 202 Å². The number of amides is 2. The SMILES string of the molecule is CCn1cc(C2=CC=CCC=C2)cc(NC(=O)N2CCC(n3c(=O)[nH]c4ncccc43)CC2)c1=O. The fourth-order valence-corrected chi connectivity index (χ4v) is 4.73. The molecule has 0 unspecified atom stereocenters. The smallest absolute Gasteiger partial charge is 0.324 e. The van der Waals surface area contributed by atoms with Gasteiger partial charge in [0, 0.05) is 43.6 Å². The summed E-state index contributed by atoms with van der Waals surface area (Å²) in [6.45, 7) is 3.37. The molecule has 1 fully saturated rings. The molecule has 5 rings (SSSR count). The molecule has 2 amide bonds. The third-order valence-corrected chi connectivity index (χ3v) is 6.59. The second-order valence-electron chi connectivity index (χ2n) is 8.74. The van der Waals surface area contributed by atoms with Crippen molar-refractivity contribution in [1.82, 2.24) is 24.0 Å². The zero-order valence-electron chi connectivity index (χ0n) is 19.6. The van der Waals surface area contributed by atoms with Crippen LogP contribution >= 0.6 is 0 Å². The van der Waals surface area contributed by atoms with Gasteiger partial charge in [-0.05, 0) is 50.0 Å². The number of urea groups is 1. The van der Waals surface area contributed by atoms with Gasteiger partial charge < -0.3 is 14.8 Å². The summed E-state index contributed by atoms with van der Waals surface area (Å²) >= 11 is 0. The van der Waals surface area contributed by atoms with Crippen molar-refractivity contribution >= 4 is 28.5 Å². The number of fused-ring (bicyclic) bond motifs is 1. The molecular weight excluding hydrogens is 444 g/mol. The molecule has 0 radical (unpaired) electrons. The van der Waals surface area contributed by atoms with Crippen molar-refractivity contribution in [2.45, 2.75) is 38.8 Å². The lowest BCUT2D eigenvalue weighted by Crippen LogP contribution is -2.43. The van der Waals surface area contributed by atoms with Gasteiger partial charge in [0.15, 0.2) is 5.65 Å². The van der Waals surface area contributed by atoms with E-state index >= 15 is 0 Å². The zero-order chi connectivity index (χ0) is 24.4. The van der Waals surface area contributed by atoms with Gasteiger partial charge >= 0.3 is 11.7 Å². The van der Waals surface area contributed by atoms with Crippen LogP contribution < -0.4 is 16.6 Å². The molecule has 3 aromatic rings. The standard InChI is InChI=1S/C26H28N6O3/c1-2-30-17-19(18-8-5-3-4-6-9-18)16-21(24(30)33)28-25(34)31-14-11-20(12-15-31)32-22-10-7-13-27-23(22)29-26(32)35/h3,5-10,13,16-17,20H,2,4,11-12,14-15H2,1H3,(H,28,34)(H,27,29,35). The van der Waals surface area contributed by atoms with Crippen LogP contribution in [0.4, 0.5) is 10.5 Å². The number of carbonyl (C=O) groups excluding carboxylic acids is 1. The number of hydrogen-bond acceptors (Lipinski definition) is 4. The molecule has 9 nitrogen and oxygen atoms in total. The Kier molecular flexibility index (Phi) is 6.22. The molecule has 0 atom stereocenters. The maximum atomic E-state index is 13.1. The van der Waals surface area contributed by atoms with E-state index in [-0.39, 0.29) is 29.0 Å².